The largest absolute Gasteiger partial charge is 0.444 e. The van der Waals surface area contributed by atoms with Gasteiger partial charge >= 0.3 is 6.09 Å². The lowest BCUT2D eigenvalue weighted by atomic mass is 9.99. The van der Waals surface area contributed by atoms with Crippen LogP contribution in [0.2, 0.25) is 0 Å². The van der Waals surface area contributed by atoms with Crippen LogP contribution in [0.5, 0.6) is 0 Å². The van der Waals surface area contributed by atoms with Gasteiger partial charge in [-0.05, 0) is 69.4 Å². The molecule has 7 nitrogen and oxygen atoms in total. The number of aromatic nitrogens is 3. The van der Waals surface area contributed by atoms with Crippen molar-refractivity contribution >= 4 is 29.3 Å². The topological polar surface area (TPSA) is 75.5 Å². The number of halogens is 1. The molecule has 0 radical (unpaired) electrons. The number of carbonyl (C=O) groups is 1. The van der Waals surface area contributed by atoms with Gasteiger partial charge in [0, 0.05) is 43.5 Å². The maximum atomic E-state index is 13.7. The van der Waals surface area contributed by atoms with Gasteiger partial charge in [-0.2, -0.15) is 0 Å². The molecule has 2 aromatic rings. The van der Waals surface area contributed by atoms with Crippen LogP contribution in [0.3, 0.4) is 0 Å². The van der Waals surface area contributed by atoms with E-state index in [1.165, 1.54) is 6.08 Å². The van der Waals surface area contributed by atoms with Crippen LogP contribution >= 0.6 is 0 Å². The van der Waals surface area contributed by atoms with Crippen LogP contribution in [0.15, 0.2) is 47.6 Å². The summed E-state index contributed by atoms with van der Waals surface area (Å²) in [5.74, 6) is 0.624. The quantitative estimate of drug-likeness (QED) is 0.693. The third kappa shape index (κ3) is 4.36. The Morgan fingerprint density at radius 1 is 1.21 bits per heavy atom. The van der Waals surface area contributed by atoms with E-state index in [0.29, 0.717) is 25.9 Å². The summed E-state index contributed by atoms with van der Waals surface area (Å²) in [5.41, 5.74) is 2.71. The molecule has 0 aromatic carbocycles. The molecule has 5 rings (SSSR count). The number of hydrogen-bond acceptors (Lipinski definition) is 4. The molecule has 1 aliphatic carbocycles. The molecule has 3 aliphatic rings. The first kappa shape index (κ1) is 22.4. The number of likely N-dealkylation sites (tertiary alicyclic amines) is 1. The molecule has 1 fully saturated rings. The summed E-state index contributed by atoms with van der Waals surface area (Å²) in [4.78, 5) is 26.8. The van der Waals surface area contributed by atoms with Gasteiger partial charge in [0.15, 0.2) is 0 Å². The Kier molecular flexibility index (Phi) is 5.75. The molecule has 0 saturated carbocycles. The van der Waals surface area contributed by atoms with Crippen LogP contribution in [0.25, 0.3) is 11.1 Å². The van der Waals surface area contributed by atoms with Crippen molar-refractivity contribution in [2.75, 3.05) is 13.1 Å². The number of aliphatic imine (C=N–C) groups is 1. The Hall–Kier alpha value is -3.42. The van der Waals surface area contributed by atoms with E-state index in [1.807, 2.05) is 51.7 Å². The van der Waals surface area contributed by atoms with Gasteiger partial charge in [-0.1, -0.05) is 6.08 Å². The van der Waals surface area contributed by atoms with E-state index in [2.05, 4.69) is 14.5 Å². The first-order chi connectivity index (χ1) is 16.3. The number of aromatic amines is 1. The number of fused-ring (bicyclic) bond motifs is 1. The molecule has 0 spiro atoms. The maximum absolute atomic E-state index is 13.7. The third-order valence-electron chi connectivity index (χ3n) is 6.42. The molecule has 1 N–H and O–H groups in total. The molecule has 2 aromatic heterocycles. The average molecular weight is 464 g/mol. The van der Waals surface area contributed by atoms with E-state index in [1.54, 1.807) is 11.0 Å². The van der Waals surface area contributed by atoms with Gasteiger partial charge in [0.05, 0.1) is 17.0 Å². The molecule has 0 atom stereocenters. The zero-order valence-corrected chi connectivity index (χ0v) is 19.8. The summed E-state index contributed by atoms with van der Waals surface area (Å²) in [7, 11) is 0. The fourth-order valence-corrected chi connectivity index (χ4v) is 4.80. The summed E-state index contributed by atoms with van der Waals surface area (Å²) in [6.07, 6.45) is 13.2. The van der Waals surface area contributed by atoms with Crippen molar-refractivity contribution in [1.29, 1.82) is 0 Å². The van der Waals surface area contributed by atoms with Gasteiger partial charge in [-0.15, -0.1) is 0 Å². The highest BCUT2D eigenvalue weighted by Crippen LogP contribution is 2.29. The summed E-state index contributed by atoms with van der Waals surface area (Å²) >= 11 is 0. The molecule has 8 heteroatoms. The van der Waals surface area contributed by atoms with Crippen LogP contribution in [0.1, 0.15) is 58.1 Å². The van der Waals surface area contributed by atoms with Gasteiger partial charge in [0.1, 0.15) is 17.2 Å². The normalized spacial score (nSPS) is 22.0. The minimum absolute atomic E-state index is 0.198. The Labute approximate surface area is 198 Å². The van der Waals surface area contributed by atoms with Crippen LogP contribution in [0, 0.1) is 0 Å². The predicted octanol–water partition coefficient (Wildman–Crippen LogP) is 4.05. The molecular formula is C26H30FN5O2. The highest BCUT2D eigenvalue weighted by molar-refractivity contribution is 5.88. The number of imidazole rings is 1. The van der Waals surface area contributed by atoms with Crippen molar-refractivity contribution in [3.63, 3.8) is 0 Å². The standard InChI is InChI=1S/C26H30FN5O2/c1-26(2,3)34-25(33)31-14-10-19(11-15-31)32-16-30-22(17-4-6-18(27)7-5-17)23(32)20-8-12-28-24-21(20)9-13-29-24/h4,6-7,9,12-13,16,19,29H,5,8,10-11,14-15H2,1-3H3. The van der Waals surface area contributed by atoms with Gasteiger partial charge in [0.2, 0.25) is 0 Å². The van der Waals surface area contributed by atoms with Crippen molar-refractivity contribution < 1.29 is 13.9 Å². The van der Waals surface area contributed by atoms with E-state index in [9.17, 15) is 9.18 Å². The van der Waals surface area contributed by atoms with Crippen LogP contribution in [-0.4, -0.2) is 50.4 Å². The number of allylic oxidation sites excluding steroid dienone is 4. The summed E-state index contributed by atoms with van der Waals surface area (Å²) in [6, 6.07) is 2.25. The SMILES string of the molecule is CC(C)(C)OC(=O)N1CCC(n2cnc(=C3C=CC(F)=CC3)c2=C2CC=Nc3[nH]ccc32)CC1. The molecule has 4 heterocycles. The van der Waals surface area contributed by atoms with Crippen LogP contribution < -0.4 is 10.7 Å². The number of nitrogens with one attached hydrogen (secondary N) is 1. The highest BCUT2D eigenvalue weighted by atomic mass is 19.1. The number of piperidine rings is 1. The van der Waals surface area contributed by atoms with E-state index in [4.69, 9.17) is 9.72 Å². The Morgan fingerprint density at radius 2 is 2.00 bits per heavy atom. The average Bonchev–Trinajstić information content (AvgIpc) is 3.46. The third-order valence-corrected chi connectivity index (χ3v) is 6.42. The van der Waals surface area contributed by atoms with Crippen molar-refractivity contribution in [2.45, 2.75) is 58.1 Å². The number of ether oxygens (including phenoxy) is 1. The van der Waals surface area contributed by atoms with Crippen LogP contribution in [0.4, 0.5) is 15.0 Å². The molecule has 2 aliphatic heterocycles. The Morgan fingerprint density at radius 3 is 2.71 bits per heavy atom. The second kappa shape index (κ2) is 8.74. The number of amides is 1. The summed E-state index contributed by atoms with van der Waals surface area (Å²) < 4.78 is 21.5. The zero-order chi connectivity index (χ0) is 23.9. The van der Waals surface area contributed by atoms with Crippen LogP contribution in [-0.2, 0) is 4.74 Å². The van der Waals surface area contributed by atoms with E-state index in [-0.39, 0.29) is 18.0 Å². The molecular weight excluding hydrogens is 433 g/mol. The molecule has 1 amide bonds. The van der Waals surface area contributed by atoms with E-state index >= 15 is 0 Å². The Bertz CT molecular complexity index is 1310. The van der Waals surface area contributed by atoms with Gasteiger partial charge in [0.25, 0.3) is 0 Å². The van der Waals surface area contributed by atoms with Crippen molar-refractivity contribution in [3.05, 3.63) is 58.9 Å². The summed E-state index contributed by atoms with van der Waals surface area (Å²) in [6.45, 7) is 6.91. The lowest BCUT2D eigenvalue weighted by Gasteiger charge is -2.34. The van der Waals surface area contributed by atoms with Gasteiger partial charge in [-0.25, -0.2) is 19.2 Å². The minimum atomic E-state index is -0.507. The Balaban J connectivity index is 1.54. The molecule has 0 bridgehead atoms. The fraction of sp³-hybridized carbons (Fsp3) is 0.423. The fourth-order valence-electron chi connectivity index (χ4n) is 4.80. The predicted molar refractivity (Wildman–Crippen MR) is 130 cm³/mol. The monoisotopic (exact) mass is 463 g/mol. The number of rotatable bonds is 1. The maximum Gasteiger partial charge on any atom is 0.410 e. The minimum Gasteiger partial charge on any atom is -0.444 e. The molecule has 178 valence electrons. The number of hydrogen-bond donors (Lipinski definition) is 1. The molecule has 0 unspecified atom stereocenters. The van der Waals surface area contributed by atoms with Gasteiger partial charge < -0.3 is 19.2 Å². The van der Waals surface area contributed by atoms with E-state index in [0.717, 1.165) is 46.1 Å². The van der Waals surface area contributed by atoms with Crippen molar-refractivity contribution in [2.24, 2.45) is 4.99 Å². The zero-order valence-electron chi connectivity index (χ0n) is 19.8. The second-order valence-electron chi connectivity index (χ2n) is 9.93. The number of carbonyl (C=O) groups excluding carboxylic acids is 1. The smallest absolute Gasteiger partial charge is 0.410 e. The van der Waals surface area contributed by atoms with Crippen molar-refractivity contribution in [1.82, 2.24) is 19.4 Å². The van der Waals surface area contributed by atoms with Crippen molar-refractivity contribution in [3.8, 4) is 0 Å². The second-order valence-corrected chi connectivity index (χ2v) is 9.93. The number of nitrogens with zero attached hydrogens (tertiary/aromatic N) is 4. The lowest BCUT2D eigenvalue weighted by molar-refractivity contribution is 0.0187. The van der Waals surface area contributed by atoms with Gasteiger partial charge in [-0.3, -0.25) is 0 Å². The first-order valence-corrected chi connectivity index (χ1v) is 11.8. The lowest BCUT2D eigenvalue weighted by Crippen LogP contribution is -2.44. The highest BCUT2D eigenvalue weighted by Gasteiger charge is 2.28. The van der Waals surface area contributed by atoms with E-state index < -0.39 is 5.60 Å². The number of H-pyrrole nitrogens is 1. The first-order valence-electron chi connectivity index (χ1n) is 11.8. The summed E-state index contributed by atoms with van der Waals surface area (Å²) in [5, 5.41) is 1.94. The molecule has 1 saturated heterocycles. The molecule has 34 heavy (non-hydrogen) atoms.